The van der Waals surface area contributed by atoms with Gasteiger partial charge in [0.2, 0.25) is 0 Å². The van der Waals surface area contributed by atoms with Gasteiger partial charge in [0.05, 0.1) is 0 Å². The van der Waals surface area contributed by atoms with Crippen LogP contribution < -0.4 is 10.9 Å². The van der Waals surface area contributed by atoms with Gasteiger partial charge in [-0.3, -0.25) is 14.4 Å². The van der Waals surface area contributed by atoms with Gasteiger partial charge in [-0.25, -0.2) is 4.52 Å². The summed E-state index contributed by atoms with van der Waals surface area (Å²) in [6.45, 7) is 4.80. The summed E-state index contributed by atoms with van der Waals surface area (Å²) in [6, 6.07) is 9.01. The van der Waals surface area contributed by atoms with Crippen molar-refractivity contribution in [2.75, 3.05) is 13.1 Å². The van der Waals surface area contributed by atoms with Gasteiger partial charge in [-0.05, 0) is 38.8 Å². The highest BCUT2D eigenvalue weighted by atomic mass is 16.2. The lowest BCUT2D eigenvalue weighted by Crippen LogP contribution is -2.46. The van der Waals surface area contributed by atoms with Gasteiger partial charge in [0, 0.05) is 42.7 Å². The lowest BCUT2D eigenvalue weighted by Gasteiger charge is -2.32. The lowest BCUT2D eigenvalue weighted by atomic mass is 10.0. The largest absolute Gasteiger partial charge is 0.349 e. The molecule has 0 unspecified atom stereocenters. The summed E-state index contributed by atoms with van der Waals surface area (Å²) in [4.78, 5) is 41.6. The Morgan fingerprint density at radius 2 is 1.83 bits per heavy atom. The van der Waals surface area contributed by atoms with Gasteiger partial charge in [-0.2, -0.15) is 5.10 Å². The molecule has 1 saturated heterocycles. The van der Waals surface area contributed by atoms with E-state index in [-0.39, 0.29) is 29.1 Å². The van der Waals surface area contributed by atoms with Crippen LogP contribution in [0.3, 0.4) is 0 Å². The van der Waals surface area contributed by atoms with E-state index in [1.54, 1.807) is 18.0 Å². The predicted octanol–water partition coefficient (Wildman–Crippen LogP) is 1.67. The molecule has 8 heteroatoms. The first-order valence-corrected chi connectivity index (χ1v) is 9.67. The number of fused-ring (bicyclic) bond motifs is 1. The van der Waals surface area contributed by atoms with Crippen molar-refractivity contribution in [1.82, 2.24) is 24.8 Å². The van der Waals surface area contributed by atoms with E-state index < -0.39 is 0 Å². The molecule has 2 amide bonds. The molecule has 0 atom stereocenters. The van der Waals surface area contributed by atoms with Crippen LogP contribution in [0.1, 0.15) is 44.9 Å². The van der Waals surface area contributed by atoms with Gasteiger partial charge in [0.25, 0.3) is 17.4 Å². The van der Waals surface area contributed by atoms with Crippen molar-refractivity contribution >= 4 is 17.3 Å². The zero-order chi connectivity index (χ0) is 20.5. The fourth-order valence-corrected chi connectivity index (χ4v) is 3.59. The molecule has 150 valence electrons. The number of aryl methyl sites for hydroxylation is 2. The van der Waals surface area contributed by atoms with Gasteiger partial charge < -0.3 is 15.2 Å². The van der Waals surface area contributed by atoms with Crippen molar-refractivity contribution in [2.24, 2.45) is 0 Å². The Morgan fingerprint density at radius 1 is 1.14 bits per heavy atom. The number of benzene rings is 1. The van der Waals surface area contributed by atoms with Crippen LogP contribution in [-0.2, 0) is 0 Å². The first-order chi connectivity index (χ1) is 13.9. The molecule has 29 heavy (non-hydrogen) atoms. The quantitative estimate of drug-likeness (QED) is 0.707. The minimum absolute atomic E-state index is 0.0272. The summed E-state index contributed by atoms with van der Waals surface area (Å²) < 4.78 is 1.44. The molecule has 1 aromatic carbocycles. The second kappa shape index (κ2) is 7.54. The van der Waals surface area contributed by atoms with Crippen LogP contribution in [0, 0.1) is 13.8 Å². The average Bonchev–Trinajstić information content (AvgIpc) is 3.13. The Balaban J connectivity index is 1.38. The smallest absolute Gasteiger partial charge is 0.274 e. The van der Waals surface area contributed by atoms with Crippen LogP contribution in [0.15, 0.2) is 41.3 Å². The lowest BCUT2D eigenvalue weighted by molar-refractivity contribution is 0.0692. The van der Waals surface area contributed by atoms with E-state index in [4.69, 9.17) is 0 Å². The summed E-state index contributed by atoms with van der Waals surface area (Å²) in [6.07, 6.45) is 3.03. The fourth-order valence-electron chi connectivity index (χ4n) is 3.59. The molecule has 0 radical (unpaired) electrons. The van der Waals surface area contributed by atoms with E-state index in [1.165, 1.54) is 10.6 Å². The van der Waals surface area contributed by atoms with E-state index in [9.17, 15) is 14.4 Å². The number of H-pyrrole nitrogens is 1. The summed E-state index contributed by atoms with van der Waals surface area (Å²) in [5.74, 6) is -0.293. The Hall–Kier alpha value is -3.42. The van der Waals surface area contributed by atoms with Crippen molar-refractivity contribution < 1.29 is 9.59 Å². The molecule has 0 saturated carbocycles. The monoisotopic (exact) mass is 393 g/mol. The molecule has 0 bridgehead atoms. The first kappa shape index (κ1) is 18.9. The topological polar surface area (TPSA) is 99.6 Å². The van der Waals surface area contributed by atoms with Crippen LogP contribution in [0.4, 0.5) is 0 Å². The second-order valence-corrected chi connectivity index (χ2v) is 7.53. The number of carbonyl (C=O) groups is 2. The number of carbonyl (C=O) groups excluding carboxylic acids is 2. The Bertz CT molecular complexity index is 1120. The molecule has 2 N–H and O–H groups in total. The van der Waals surface area contributed by atoms with Crippen molar-refractivity contribution in [1.29, 1.82) is 0 Å². The number of aromatic amines is 1. The highest BCUT2D eigenvalue weighted by molar-refractivity contribution is 5.95. The minimum atomic E-state index is -0.269. The Kier molecular flexibility index (Phi) is 4.92. The van der Waals surface area contributed by atoms with Crippen molar-refractivity contribution in [3.63, 3.8) is 0 Å². The summed E-state index contributed by atoms with van der Waals surface area (Å²) in [5, 5.41) is 7.31. The number of piperidine rings is 1. The van der Waals surface area contributed by atoms with Gasteiger partial charge in [-0.1, -0.05) is 17.7 Å². The third kappa shape index (κ3) is 3.91. The van der Waals surface area contributed by atoms with E-state index in [1.807, 2.05) is 31.2 Å². The molecule has 4 rings (SSSR count). The number of hydrogen-bond donors (Lipinski definition) is 2. The van der Waals surface area contributed by atoms with Crippen molar-refractivity contribution in [3.8, 4) is 0 Å². The van der Waals surface area contributed by atoms with E-state index in [0.29, 0.717) is 42.7 Å². The van der Waals surface area contributed by atoms with Crippen LogP contribution in [0.25, 0.3) is 5.52 Å². The molecule has 1 aliphatic heterocycles. The average molecular weight is 393 g/mol. The van der Waals surface area contributed by atoms with Gasteiger partial charge in [-0.15, -0.1) is 0 Å². The predicted molar refractivity (Wildman–Crippen MR) is 108 cm³/mol. The number of hydrogen-bond acceptors (Lipinski definition) is 4. The van der Waals surface area contributed by atoms with Gasteiger partial charge in [0.1, 0.15) is 5.52 Å². The summed E-state index contributed by atoms with van der Waals surface area (Å²) >= 11 is 0. The molecule has 0 spiro atoms. The van der Waals surface area contributed by atoms with Gasteiger partial charge in [0.15, 0.2) is 5.69 Å². The first-order valence-electron chi connectivity index (χ1n) is 9.67. The Morgan fingerprint density at radius 3 is 2.52 bits per heavy atom. The number of nitrogens with zero attached hydrogens (tertiary/aromatic N) is 3. The van der Waals surface area contributed by atoms with Crippen LogP contribution in [0.2, 0.25) is 0 Å². The van der Waals surface area contributed by atoms with Crippen LogP contribution >= 0.6 is 0 Å². The molecule has 2 aromatic heterocycles. The summed E-state index contributed by atoms with van der Waals surface area (Å²) in [7, 11) is 0. The standard InChI is InChI=1S/C21H23N5O3/c1-13-3-5-15(6-4-13)19(27)23-16-7-9-25(10-8-16)21(29)17-11-18-20(28)22-14(2)12-26(18)24-17/h3-6,11-12,16H,7-10H2,1-2H3,(H,22,28)(H,23,27). The maximum Gasteiger partial charge on any atom is 0.274 e. The second-order valence-electron chi connectivity index (χ2n) is 7.53. The van der Waals surface area contributed by atoms with E-state index >= 15 is 0 Å². The zero-order valence-corrected chi connectivity index (χ0v) is 16.4. The molecule has 3 aromatic rings. The number of amides is 2. The molecular weight excluding hydrogens is 370 g/mol. The third-order valence-electron chi connectivity index (χ3n) is 5.25. The molecule has 0 aliphatic carbocycles. The number of rotatable bonds is 3. The zero-order valence-electron chi connectivity index (χ0n) is 16.4. The maximum absolute atomic E-state index is 12.8. The molecule has 3 heterocycles. The number of likely N-dealkylation sites (tertiary alicyclic amines) is 1. The number of aromatic nitrogens is 3. The number of nitrogens with one attached hydrogen (secondary N) is 2. The molecule has 1 fully saturated rings. The molecule has 1 aliphatic rings. The SMILES string of the molecule is Cc1ccc(C(=O)NC2CCN(C(=O)c3cc4c(=O)[nH]c(C)cn4n3)CC2)cc1. The Labute approximate surface area is 167 Å². The van der Waals surface area contributed by atoms with Crippen LogP contribution in [0.5, 0.6) is 0 Å². The van der Waals surface area contributed by atoms with E-state index in [2.05, 4.69) is 15.4 Å². The van der Waals surface area contributed by atoms with Gasteiger partial charge >= 0.3 is 0 Å². The van der Waals surface area contributed by atoms with Crippen molar-refractivity contribution in [3.05, 3.63) is 69.4 Å². The fraction of sp³-hybridized carbons (Fsp3) is 0.333. The third-order valence-corrected chi connectivity index (χ3v) is 5.25. The highest BCUT2D eigenvalue weighted by Gasteiger charge is 2.26. The van der Waals surface area contributed by atoms with Crippen LogP contribution in [-0.4, -0.2) is 50.4 Å². The molecule has 8 nitrogen and oxygen atoms in total. The molecular formula is C21H23N5O3. The van der Waals surface area contributed by atoms with Crippen molar-refractivity contribution in [2.45, 2.75) is 32.7 Å². The minimum Gasteiger partial charge on any atom is -0.349 e. The maximum atomic E-state index is 12.8. The normalized spacial score (nSPS) is 14.9. The highest BCUT2D eigenvalue weighted by Crippen LogP contribution is 2.15. The summed E-state index contributed by atoms with van der Waals surface area (Å²) in [5.41, 5.74) is 2.75. The van der Waals surface area contributed by atoms with E-state index in [0.717, 1.165) is 5.56 Å².